The first-order valence-corrected chi connectivity index (χ1v) is 8.52. The topological polar surface area (TPSA) is 78.5 Å². The van der Waals surface area contributed by atoms with E-state index >= 15 is 0 Å². The van der Waals surface area contributed by atoms with Crippen molar-refractivity contribution < 1.29 is 9.53 Å². The molecule has 2 aliphatic rings. The molecule has 1 saturated heterocycles. The van der Waals surface area contributed by atoms with Crippen LogP contribution in [0.5, 0.6) is 0 Å². The molecule has 0 aliphatic carbocycles. The predicted octanol–water partition coefficient (Wildman–Crippen LogP) is 0.738. The number of morpholine rings is 1. The number of hydrogen-bond acceptors (Lipinski definition) is 5. The molecule has 0 bridgehead atoms. The number of rotatable bonds is 3. The summed E-state index contributed by atoms with van der Waals surface area (Å²) in [5, 5.41) is 0. The highest BCUT2D eigenvalue weighted by atomic mass is 16.5. The third-order valence-corrected chi connectivity index (χ3v) is 4.62. The van der Waals surface area contributed by atoms with Crippen molar-refractivity contribution in [3.05, 3.63) is 52.1 Å². The van der Waals surface area contributed by atoms with Crippen LogP contribution in [-0.4, -0.2) is 48.7 Å². The van der Waals surface area contributed by atoms with Crippen LogP contribution >= 0.6 is 0 Å². The molecule has 0 unspecified atom stereocenters. The van der Waals surface area contributed by atoms with E-state index in [1.807, 2.05) is 29.2 Å². The first-order valence-electron chi connectivity index (χ1n) is 8.52. The Hall–Kier alpha value is -2.67. The fraction of sp³-hybridized carbons (Fsp3) is 0.389. The van der Waals surface area contributed by atoms with Gasteiger partial charge in [0.1, 0.15) is 11.6 Å². The van der Waals surface area contributed by atoms with Gasteiger partial charge in [0.15, 0.2) is 0 Å². The second kappa shape index (κ2) is 6.68. The largest absolute Gasteiger partial charge is 0.378 e. The Labute approximate surface area is 145 Å². The van der Waals surface area contributed by atoms with Crippen molar-refractivity contribution in [2.45, 2.75) is 12.8 Å². The maximum absolute atomic E-state index is 12.7. The SMILES string of the molecule is O=C(Cc1nc(N2CCOCC2)cc(=O)[nH]1)N1CCc2ccccc21. The summed E-state index contributed by atoms with van der Waals surface area (Å²) >= 11 is 0. The maximum atomic E-state index is 12.7. The first kappa shape index (κ1) is 15.8. The van der Waals surface area contributed by atoms with Gasteiger partial charge in [0.25, 0.3) is 5.56 Å². The molecule has 0 saturated carbocycles. The van der Waals surface area contributed by atoms with Gasteiger partial charge in [0.05, 0.1) is 19.6 Å². The number of ether oxygens (including phenoxy) is 1. The number of para-hydroxylation sites is 1. The number of nitrogens with one attached hydrogen (secondary N) is 1. The number of H-pyrrole nitrogens is 1. The van der Waals surface area contributed by atoms with Crippen LogP contribution in [0.2, 0.25) is 0 Å². The zero-order valence-electron chi connectivity index (χ0n) is 13.9. The number of carbonyl (C=O) groups excluding carboxylic acids is 1. The zero-order chi connectivity index (χ0) is 17.2. The minimum Gasteiger partial charge on any atom is -0.378 e. The first-order chi connectivity index (χ1) is 12.2. The summed E-state index contributed by atoms with van der Waals surface area (Å²) in [5.41, 5.74) is 1.90. The Morgan fingerprint density at radius 1 is 1.20 bits per heavy atom. The Bertz CT molecular complexity index is 842. The van der Waals surface area contributed by atoms with Crippen LogP contribution in [0.25, 0.3) is 0 Å². The third-order valence-electron chi connectivity index (χ3n) is 4.62. The summed E-state index contributed by atoms with van der Waals surface area (Å²) in [6, 6.07) is 9.40. The van der Waals surface area contributed by atoms with Crippen molar-refractivity contribution in [2.75, 3.05) is 42.6 Å². The van der Waals surface area contributed by atoms with Gasteiger partial charge in [-0.05, 0) is 18.1 Å². The monoisotopic (exact) mass is 340 g/mol. The number of aromatic amines is 1. The Morgan fingerprint density at radius 2 is 2.00 bits per heavy atom. The van der Waals surface area contributed by atoms with Crippen LogP contribution in [0.4, 0.5) is 11.5 Å². The minimum atomic E-state index is -0.235. The molecule has 3 heterocycles. The molecule has 0 spiro atoms. The molecule has 130 valence electrons. The summed E-state index contributed by atoms with van der Waals surface area (Å²) in [5.74, 6) is 0.965. The fourth-order valence-electron chi connectivity index (χ4n) is 3.37. The van der Waals surface area contributed by atoms with Crippen molar-refractivity contribution in [1.82, 2.24) is 9.97 Å². The molecule has 1 N–H and O–H groups in total. The van der Waals surface area contributed by atoms with Crippen LogP contribution in [0, 0.1) is 0 Å². The fourth-order valence-corrected chi connectivity index (χ4v) is 3.37. The summed E-state index contributed by atoms with van der Waals surface area (Å²) < 4.78 is 5.33. The lowest BCUT2D eigenvalue weighted by Gasteiger charge is -2.27. The average molecular weight is 340 g/mol. The van der Waals surface area contributed by atoms with Crippen molar-refractivity contribution in [1.29, 1.82) is 0 Å². The number of fused-ring (bicyclic) bond motifs is 1. The van der Waals surface area contributed by atoms with Crippen LogP contribution in [0.15, 0.2) is 35.1 Å². The molecule has 4 rings (SSSR count). The van der Waals surface area contributed by atoms with Gasteiger partial charge in [-0.1, -0.05) is 18.2 Å². The van der Waals surface area contributed by atoms with E-state index in [0.717, 1.165) is 12.1 Å². The predicted molar refractivity (Wildman–Crippen MR) is 94.1 cm³/mol. The lowest BCUT2D eigenvalue weighted by atomic mass is 10.2. The van der Waals surface area contributed by atoms with E-state index in [1.54, 1.807) is 4.90 Å². The number of nitrogens with zero attached hydrogens (tertiary/aromatic N) is 3. The summed E-state index contributed by atoms with van der Waals surface area (Å²) in [6.07, 6.45) is 0.946. The van der Waals surface area contributed by atoms with Gasteiger partial charge in [-0.25, -0.2) is 4.98 Å². The highest BCUT2D eigenvalue weighted by Crippen LogP contribution is 2.27. The zero-order valence-corrected chi connectivity index (χ0v) is 13.9. The Morgan fingerprint density at radius 3 is 2.84 bits per heavy atom. The van der Waals surface area contributed by atoms with E-state index in [9.17, 15) is 9.59 Å². The second-order valence-corrected chi connectivity index (χ2v) is 6.25. The maximum Gasteiger partial charge on any atom is 0.252 e. The molecule has 0 atom stereocenters. The summed E-state index contributed by atoms with van der Waals surface area (Å²) in [6.45, 7) is 3.30. The van der Waals surface area contributed by atoms with Crippen LogP contribution in [0.3, 0.4) is 0 Å². The smallest absolute Gasteiger partial charge is 0.252 e. The van der Waals surface area contributed by atoms with Gasteiger partial charge in [-0.15, -0.1) is 0 Å². The molecule has 0 radical (unpaired) electrons. The molecule has 1 aromatic carbocycles. The molecule has 2 aliphatic heterocycles. The molecular weight excluding hydrogens is 320 g/mol. The van der Waals surface area contributed by atoms with Gasteiger partial charge < -0.3 is 19.5 Å². The van der Waals surface area contributed by atoms with E-state index in [-0.39, 0.29) is 17.9 Å². The molecule has 7 nitrogen and oxygen atoms in total. The van der Waals surface area contributed by atoms with Crippen molar-refractivity contribution in [3.8, 4) is 0 Å². The normalized spacial score (nSPS) is 16.8. The van der Waals surface area contributed by atoms with Crippen LogP contribution in [-0.2, 0) is 22.4 Å². The molecule has 7 heteroatoms. The van der Waals surface area contributed by atoms with E-state index in [4.69, 9.17) is 4.74 Å². The lowest BCUT2D eigenvalue weighted by molar-refractivity contribution is -0.118. The highest BCUT2D eigenvalue weighted by molar-refractivity contribution is 5.96. The van der Waals surface area contributed by atoms with Crippen molar-refractivity contribution >= 4 is 17.4 Å². The number of hydrogen-bond donors (Lipinski definition) is 1. The molecule has 1 aromatic heterocycles. The summed E-state index contributed by atoms with van der Waals surface area (Å²) in [4.78, 5) is 35.7. The number of carbonyl (C=O) groups is 1. The van der Waals surface area contributed by atoms with Gasteiger partial charge in [-0.2, -0.15) is 0 Å². The van der Waals surface area contributed by atoms with Gasteiger partial charge in [0.2, 0.25) is 5.91 Å². The average Bonchev–Trinajstić information content (AvgIpc) is 3.06. The molecule has 2 aromatic rings. The number of anilines is 2. The van der Waals surface area contributed by atoms with E-state index in [2.05, 4.69) is 9.97 Å². The van der Waals surface area contributed by atoms with Gasteiger partial charge in [-0.3, -0.25) is 9.59 Å². The number of benzene rings is 1. The molecule has 25 heavy (non-hydrogen) atoms. The number of amides is 1. The third kappa shape index (κ3) is 3.28. The molecular formula is C18H20N4O3. The van der Waals surface area contributed by atoms with E-state index in [0.29, 0.717) is 44.5 Å². The second-order valence-electron chi connectivity index (χ2n) is 6.25. The standard InChI is InChI=1S/C18H20N4O3/c23-17-12-16(21-7-9-25-10-8-21)19-15(20-17)11-18(24)22-6-5-13-3-1-2-4-14(13)22/h1-4,12H,5-11H2,(H,19,20,23). The Kier molecular flexibility index (Phi) is 4.23. The van der Waals surface area contributed by atoms with Crippen molar-refractivity contribution in [3.63, 3.8) is 0 Å². The van der Waals surface area contributed by atoms with Gasteiger partial charge >= 0.3 is 0 Å². The lowest BCUT2D eigenvalue weighted by Crippen LogP contribution is -2.38. The van der Waals surface area contributed by atoms with Crippen LogP contribution < -0.4 is 15.4 Å². The molecule has 1 fully saturated rings. The quantitative estimate of drug-likeness (QED) is 0.892. The number of aromatic nitrogens is 2. The van der Waals surface area contributed by atoms with Crippen LogP contribution in [0.1, 0.15) is 11.4 Å². The molecule has 1 amide bonds. The minimum absolute atomic E-state index is 0.0489. The summed E-state index contributed by atoms with van der Waals surface area (Å²) in [7, 11) is 0. The van der Waals surface area contributed by atoms with E-state index < -0.39 is 0 Å². The Balaban J connectivity index is 1.54. The van der Waals surface area contributed by atoms with Gasteiger partial charge in [0, 0.05) is 31.4 Å². The van der Waals surface area contributed by atoms with E-state index in [1.165, 1.54) is 11.6 Å². The highest BCUT2D eigenvalue weighted by Gasteiger charge is 2.25. The van der Waals surface area contributed by atoms with Crippen molar-refractivity contribution in [2.24, 2.45) is 0 Å².